The van der Waals surface area contributed by atoms with Crippen molar-refractivity contribution in [2.24, 2.45) is 0 Å². The summed E-state index contributed by atoms with van der Waals surface area (Å²) in [5, 5.41) is 19.1. The predicted octanol–water partition coefficient (Wildman–Crippen LogP) is 3.11. The number of Topliss-reactive ketones (excluding diaryl/α,β-unsaturated/α-hetero) is 1. The van der Waals surface area contributed by atoms with Gasteiger partial charge in [-0.3, -0.25) is 9.59 Å². The highest BCUT2D eigenvalue weighted by molar-refractivity contribution is 7.80. The summed E-state index contributed by atoms with van der Waals surface area (Å²) >= 11 is 15.7. The molecule has 160 valence electrons. The smallest absolute Gasteiger partial charge is 0.341 e. The van der Waals surface area contributed by atoms with Gasteiger partial charge >= 0.3 is 11.9 Å². The summed E-state index contributed by atoms with van der Waals surface area (Å²) < 4.78 is 4.95. The van der Waals surface area contributed by atoms with E-state index in [9.17, 15) is 19.2 Å². The van der Waals surface area contributed by atoms with Crippen LogP contribution >= 0.6 is 35.8 Å². The minimum absolute atomic E-state index is 0.0117. The maximum absolute atomic E-state index is 11.9. The molecule has 0 fully saturated rings. The van der Waals surface area contributed by atoms with Gasteiger partial charge in [-0.15, -0.1) is 0 Å². The Labute approximate surface area is 183 Å². The van der Waals surface area contributed by atoms with Gasteiger partial charge < -0.3 is 20.3 Å². The topological polar surface area (TPSA) is 130 Å². The van der Waals surface area contributed by atoms with E-state index < -0.39 is 24.6 Å². The van der Waals surface area contributed by atoms with Crippen LogP contribution in [0.4, 0.5) is 0 Å². The van der Waals surface area contributed by atoms with E-state index in [2.05, 4.69) is 24.5 Å². The zero-order valence-electron chi connectivity index (χ0n) is 15.7. The Morgan fingerprint density at radius 2 is 1.79 bits per heavy atom. The monoisotopic (exact) mass is 465 g/mol. The molecule has 0 saturated carbocycles. The maximum Gasteiger partial charge on any atom is 0.341 e. The zero-order chi connectivity index (χ0) is 22.7. The molecule has 1 aromatic carbocycles. The maximum atomic E-state index is 11.9. The number of ether oxygens (including phenoxy) is 1. The van der Waals surface area contributed by atoms with Crippen molar-refractivity contribution < 1.29 is 34.1 Å². The van der Waals surface area contributed by atoms with Crippen LogP contribution in [-0.2, 0) is 14.4 Å². The lowest BCUT2D eigenvalue weighted by Gasteiger charge is -2.10. The number of ketones is 1. The fourth-order valence-electron chi connectivity index (χ4n) is 1.74. The van der Waals surface area contributed by atoms with E-state index in [1.807, 2.05) is 0 Å². The summed E-state index contributed by atoms with van der Waals surface area (Å²) in [6.45, 7) is 6.17. The number of aliphatic carboxylic acids is 2. The SMILES string of the molecule is C=C(CC)C(=O)c1ccc(OCC(=O)O)c(Cl)c1Cl.CC(=O)N[C@@H](CS)C(=O)O. The number of carbonyl (C=O) groups excluding carboxylic acids is 2. The van der Waals surface area contributed by atoms with E-state index in [4.69, 9.17) is 38.2 Å². The summed E-state index contributed by atoms with van der Waals surface area (Å²) in [7, 11) is 0. The largest absolute Gasteiger partial charge is 0.480 e. The number of carboxylic acid groups (broad SMARTS) is 2. The number of halogens is 2. The third-order valence-corrected chi connectivity index (χ3v) is 4.48. The number of benzene rings is 1. The second kappa shape index (κ2) is 13.1. The summed E-state index contributed by atoms with van der Waals surface area (Å²) in [6.07, 6.45) is 0.504. The molecule has 29 heavy (non-hydrogen) atoms. The highest BCUT2D eigenvalue weighted by Gasteiger charge is 2.18. The molecule has 0 spiro atoms. The van der Waals surface area contributed by atoms with E-state index in [-0.39, 0.29) is 38.8 Å². The first-order valence-corrected chi connectivity index (χ1v) is 9.50. The van der Waals surface area contributed by atoms with Crippen LogP contribution in [0.1, 0.15) is 30.6 Å². The molecular weight excluding hydrogens is 445 g/mol. The van der Waals surface area contributed by atoms with Gasteiger partial charge in [0.05, 0.1) is 5.02 Å². The number of carboxylic acids is 2. The van der Waals surface area contributed by atoms with Gasteiger partial charge in [-0.25, -0.2) is 9.59 Å². The van der Waals surface area contributed by atoms with Gasteiger partial charge in [0.15, 0.2) is 12.4 Å². The van der Waals surface area contributed by atoms with Gasteiger partial charge in [0.2, 0.25) is 5.91 Å². The molecule has 0 aromatic heterocycles. The molecule has 0 aliphatic rings. The first-order valence-electron chi connectivity index (χ1n) is 8.11. The second-order valence-corrected chi connectivity index (χ2v) is 6.60. The first-order chi connectivity index (χ1) is 13.5. The van der Waals surface area contributed by atoms with Crippen LogP contribution in [0.25, 0.3) is 0 Å². The first kappa shape index (κ1) is 26.8. The fourth-order valence-corrected chi connectivity index (χ4v) is 2.45. The number of rotatable bonds is 9. The van der Waals surface area contributed by atoms with Gasteiger partial charge in [-0.2, -0.15) is 12.6 Å². The summed E-state index contributed by atoms with van der Waals surface area (Å²) in [6, 6.07) is 1.97. The minimum Gasteiger partial charge on any atom is -0.480 e. The van der Waals surface area contributed by atoms with Crippen LogP contribution in [0.2, 0.25) is 10.0 Å². The number of hydrogen-bond acceptors (Lipinski definition) is 6. The average molecular weight is 466 g/mol. The molecule has 1 rings (SSSR count). The third kappa shape index (κ3) is 9.21. The highest BCUT2D eigenvalue weighted by Crippen LogP contribution is 2.35. The number of carbonyl (C=O) groups is 4. The van der Waals surface area contributed by atoms with E-state index in [0.717, 1.165) is 0 Å². The van der Waals surface area contributed by atoms with Gasteiger partial charge in [0.1, 0.15) is 16.8 Å². The van der Waals surface area contributed by atoms with Crippen molar-refractivity contribution in [1.82, 2.24) is 5.32 Å². The van der Waals surface area contributed by atoms with E-state index >= 15 is 0 Å². The molecule has 0 unspecified atom stereocenters. The fraction of sp³-hybridized carbons (Fsp3) is 0.333. The molecule has 0 radical (unpaired) electrons. The van der Waals surface area contributed by atoms with Crippen molar-refractivity contribution in [3.05, 3.63) is 39.9 Å². The number of hydrogen-bond donors (Lipinski definition) is 4. The van der Waals surface area contributed by atoms with Gasteiger partial charge in [-0.05, 0) is 24.1 Å². The van der Waals surface area contributed by atoms with E-state index in [1.54, 1.807) is 6.92 Å². The van der Waals surface area contributed by atoms with Crippen molar-refractivity contribution in [3.63, 3.8) is 0 Å². The molecule has 8 nitrogen and oxygen atoms in total. The van der Waals surface area contributed by atoms with Crippen molar-refractivity contribution in [3.8, 4) is 5.75 Å². The molecule has 1 atom stereocenters. The van der Waals surface area contributed by atoms with Gasteiger partial charge in [-0.1, -0.05) is 36.7 Å². The molecule has 1 aromatic rings. The molecule has 0 aliphatic carbocycles. The Morgan fingerprint density at radius 3 is 2.17 bits per heavy atom. The Kier molecular flexibility index (Phi) is 12.1. The standard InChI is InChI=1S/C13H12Cl2O4.C5H9NO3S/c1-3-7(2)13(18)8-4-5-9(12(15)11(8)14)19-6-10(16)17;1-3(7)6-4(2-10)5(8)9/h4-5H,2-3,6H2,1H3,(H,16,17);4,10H,2H2,1H3,(H,6,7)(H,8,9)/t;4-/m.0/s1. The van der Waals surface area contributed by atoms with Crippen LogP contribution in [0.5, 0.6) is 5.75 Å². The van der Waals surface area contributed by atoms with Gasteiger partial charge in [0, 0.05) is 18.2 Å². The Morgan fingerprint density at radius 1 is 1.21 bits per heavy atom. The normalized spacial score (nSPS) is 10.8. The lowest BCUT2D eigenvalue weighted by molar-refractivity contribution is -0.141. The zero-order valence-corrected chi connectivity index (χ0v) is 18.1. The molecule has 11 heteroatoms. The van der Waals surface area contributed by atoms with Crippen LogP contribution in [-0.4, -0.2) is 52.2 Å². The molecule has 3 N–H and O–H groups in total. The van der Waals surface area contributed by atoms with Crippen molar-refractivity contribution >= 4 is 59.5 Å². The third-order valence-electron chi connectivity index (χ3n) is 3.25. The van der Waals surface area contributed by atoms with Crippen LogP contribution in [0.3, 0.4) is 0 Å². The molecule has 1 amide bonds. The lowest BCUT2D eigenvalue weighted by atomic mass is 10.0. The predicted molar refractivity (Wildman–Crippen MR) is 112 cm³/mol. The summed E-state index contributed by atoms with van der Waals surface area (Å²) in [4.78, 5) is 42.9. The lowest BCUT2D eigenvalue weighted by Crippen LogP contribution is -2.40. The van der Waals surface area contributed by atoms with Crippen LogP contribution in [0.15, 0.2) is 24.3 Å². The minimum atomic E-state index is -1.13. The number of nitrogens with one attached hydrogen (secondary N) is 1. The number of amides is 1. The van der Waals surface area contributed by atoms with Crippen molar-refractivity contribution in [1.29, 1.82) is 0 Å². The van der Waals surface area contributed by atoms with Crippen LogP contribution < -0.4 is 10.1 Å². The van der Waals surface area contributed by atoms with Crippen molar-refractivity contribution in [2.75, 3.05) is 12.4 Å². The Bertz CT molecular complexity index is 799. The van der Waals surface area contributed by atoms with E-state index in [1.165, 1.54) is 19.1 Å². The summed E-state index contributed by atoms with van der Waals surface area (Å²) in [5.74, 6) is -2.63. The Hall–Kier alpha value is -2.23. The Balaban J connectivity index is 0.000000665. The molecule has 0 aliphatic heterocycles. The van der Waals surface area contributed by atoms with Crippen LogP contribution in [0, 0.1) is 0 Å². The number of thiol groups is 1. The second-order valence-electron chi connectivity index (χ2n) is 5.48. The van der Waals surface area contributed by atoms with Crippen molar-refractivity contribution in [2.45, 2.75) is 26.3 Å². The quantitative estimate of drug-likeness (QED) is 0.250. The highest BCUT2D eigenvalue weighted by atomic mass is 35.5. The van der Waals surface area contributed by atoms with E-state index in [0.29, 0.717) is 12.0 Å². The molecule has 0 bridgehead atoms. The number of allylic oxidation sites excluding steroid dienone is 1. The molecular formula is C18H21Cl2NO7S. The molecule has 0 saturated heterocycles. The molecule has 0 heterocycles. The average Bonchev–Trinajstić information content (AvgIpc) is 2.66. The summed E-state index contributed by atoms with van der Waals surface area (Å²) in [5.41, 5.74) is 0.637. The van der Waals surface area contributed by atoms with Gasteiger partial charge in [0.25, 0.3) is 0 Å².